The number of aromatic nitrogens is 4. The largest absolute Gasteiger partial charge is 0.358 e. The summed E-state index contributed by atoms with van der Waals surface area (Å²) < 4.78 is 35.8. The Hall–Kier alpha value is -3.74. The van der Waals surface area contributed by atoms with E-state index in [0.29, 0.717) is 17.5 Å². The molecule has 0 radical (unpaired) electrons. The summed E-state index contributed by atoms with van der Waals surface area (Å²) in [6.45, 7) is 7.33. The zero-order valence-corrected chi connectivity index (χ0v) is 18.5. The number of pyridine rings is 1. The van der Waals surface area contributed by atoms with Crippen LogP contribution in [0.4, 0.5) is 0 Å². The van der Waals surface area contributed by atoms with E-state index in [0.717, 1.165) is 22.3 Å². The molecule has 0 aliphatic carbocycles. The molecular formula is C24H19N5O3S. The molecule has 6 rings (SSSR count). The Morgan fingerprint density at radius 3 is 2.64 bits per heavy atom. The van der Waals surface area contributed by atoms with Crippen LogP contribution in [0.5, 0.6) is 0 Å². The van der Waals surface area contributed by atoms with Gasteiger partial charge < -0.3 is 9.58 Å². The molecule has 1 saturated heterocycles. The van der Waals surface area contributed by atoms with Crippen molar-refractivity contribution in [3.8, 4) is 11.1 Å². The van der Waals surface area contributed by atoms with Crippen molar-refractivity contribution < 1.29 is 13.2 Å². The summed E-state index contributed by atoms with van der Waals surface area (Å²) in [5, 5.41) is 4.97. The minimum Gasteiger partial charge on any atom is -0.358 e. The Labute approximate surface area is 190 Å². The van der Waals surface area contributed by atoms with E-state index in [-0.39, 0.29) is 23.1 Å². The first-order valence-corrected chi connectivity index (χ1v) is 11.9. The molecule has 33 heavy (non-hydrogen) atoms. The van der Waals surface area contributed by atoms with E-state index in [1.165, 1.54) is 3.97 Å². The average molecular weight is 458 g/mol. The highest BCUT2D eigenvalue weighted by atomic mass is 32.2. The topological polar surface area (TPSA) is 83.4 Å². The molecule has 0 unspecified atom stereocenters. The Bertz CT molecular complexity index is 1580. The van der Waals surface area contributed by atoms with Gasteiger partial charge in [-0.05, 0) is 35.4 Å². The van der Waals surface area contributed by atoms with Gasteiger partial charge in [-0.3, -0.25) is 4.68 Å². The fourth-order valence-corrected chi connectivity index (χ4v) is 5.99. The lowest BCUT2D eigenvalue weighted by Gasteiger charge is -2.12. The summed E-state index contributed by atoms with van der Waals surface area (Å²) in [7, 11) is -2.02. The first-order chi connectivity index (χ1) is 16.0. The minimum absolute atomic E-state index is 0.134. The van der Waals surface area contributed by atoms with Crippen molar-refractivity contribution in [3.63, 3.8) is 0 Å². The number of hydrogen-bond acceptors (Lipinski definition) is 5. The molecular weight excluding hydrogens is 438 g/mol. The van der Waals surface area contributed by atoms with Gasteiger partial charge in [0.2, 0.25) is 0 Å². The maximum atomic E-state index is 13.5. The molecule has 2 aliphatic rings. The summed E-state index contributed by atoms with van der Waals surface area (Å²) in [6.07, 6.45) is 9.20. The highest BCUT2D eigenvalue weighted by molar-refractivity contribution is 7.90. The second-order valence-electron chi connectivity index (χ2n) is 8.30. The van der Waals surface area contributed by atoms with E-state index in [1.54, 1.807) is 53.6 Å². The average Bonchev–Trinajstić information content (AvgIpc) is 3.61. The quantitative estimate of drug-likeness (QED) is 0.438. The molecule has 3 aromatic heterocycles. The third kappa shape index (κ3) is 3.03. The van der Waals surface area contributed by atoms with Crippen LogP contribution in [-0.4, -0.2) is 45.4 Å². The molecule has 1 aromatic carbocycles. The molecule has 2 bridgehead atoms. The Kier molecular flexibility index (Phi) is 4.30. The van der Waals surface area contributed by atoms with E-state index in [9.17, 15) is 8.42 Å². The van der Waals surface area contributed by atoms with Crippen molar-refractivity contribution in [3.05, 3.63) is 84.2 Å². The van der Waals surface area contributed by atoms with E-state index in [1.807, 2.05) is 25.4 Å². The lowest BCUT2D eigenvalue weighted by Crippen LogP contribution is -2.16. The number of benzene rings is 1. The smallest absolute Gasteiger partial charge is 0.269 e. The van der Waals surface area contributed by atoms with Crippen molar-refractivity contribution in [2.24, 2.45) is 7.05 Å². The molecule has 9 heteroatoms. The standard InChI is InChI=1S/C24H19N5O3S/c1-25-21-10-22-18(9-23(21)32-22)15-8-19-20(16-12-27-28(2)13-16)14-29(24(19)26-11-15)33(30,31)17-6-4-3-5-7-17/h3-9,11-14,21-23H,10H2,2H3/t21-,22+,23+/m1/s1. The van der Waals surface area contributed by atoms with E-state index >= 15 is 0 Å². The zero-order chi connectivity index (χ0) is 22.7. The molecule has 3 atom stereocenters. The second kappa shape index (κ2) is 7.13. The molecule has 0 amide bonds. The van der Waals surface area contributed by atoms with Gasteiger partial charge in [0.25, 0.3) is 16.1 Å². The summed E-state index contributed by atoms with van der Waals surface area (Å²) in [6, 6.07) is 10.1. The van der Waals surface area contributed by atoms with Crippen LogP contribution in [-0.2, 0) is 21.8 Å². The van der Waals surface area contributed by atoms with Gasteiger partial charge in [-0.15, -0.1) is 0 Å². The fourth-order valence-electron chi connectivity index (χ4n) is 4.65. The second-order valence-corrected chi connectivity index (χ2v) is 10.1. The number of fused-ring (bicyclic) bond motifs is 3. The minimum atomic E-state index is -3.84. The van der Waals surface area contributed by atoms with Crippen molar-refractivity contribution >= 4 is 26.6 Å². The predicted molar refractivity (Wildman–Crippen MR) is 123 cm³/mol. The molecule has 5 heterocycles. The van der Waals surface area contributed by atoms with Gasteiger partial charge in [-0.1, -0.05) is 18.2 Å². The highest BCUT2D eigenvalue weighted by Crippen LogP contribution is 2.42. The van der Waals surface area contributed by atoms with Gasteiger partial charge >= 0.3 is 0 Å². The Morgan fingerprint density at radius 2 is 1.97 bits per heavy atom. The Balaban J connectivity index is 1.55. The maximum Gasteiger partial charge on any atom is 0.269 e. The maximum absolute atomic E-state index is 13.5. The Morgan fingerprint density at radius 1 is 1.15 bits per heavy atom. The molecule has 8 nitrogen and oxygen atoms in total. The van der Waals surface area contributed by atoms with Crippen molar-refractivity contribution in [2.75, 3.05) is 0 Å². The summed E-state index contributed by atoms with van der Waals surface area (Å²) in [4.78, 5) is 8.44. The summed E-state index contributed by atoms with van der Waals surface area (Å²) in [5.41, 5.74) is 3.76. The third-order valence-electron chi connectivity index (χ3n) is 6.27. The van der Waals surface area contributed by atoms with Crippen LogP contribution in [0.1, 0.15) is 12.0 Å². The first-order valence-electron chi connectivity index (χ1n) is 10.5. The van der Waals surface area contributed by atoms with Crippen LogP contribution >= 0.6 is 0 Å². The fraction of sp³-hybridized carbons (Fsp3) is 0.208. The van der Waals surface area contributed by atoms with Gasteiger partial charge in [0.15, 0.2) is 11.8 Å². The lowest BCUT2D eigenvalue weighted by molar-refractivity contribution is 0.123. The number of rotatable bonds is 4. The first kappa shape index (κ1) is 19.9. The molecule has 0 N–H and O–H groups in total. The summed E-state index contributed by atoms with van der Waals surface area (Å²) >= 11 is 0. The van der Waals surface area contributed by atoms with Crippen LogP contribution in [0.2, 0.25) is 0 Å². The molecule has 0 saturated carbocycles. The van der Waals surface area contributed by atoms with Crippen molar-refractivity contribution in [2.45, 2.75) is 29.6 Å². The van der Waals surface area contributed by atoms with Crippen LogP contribution in [0.15, 0.2) is 72.2 Å². The molecule has 0 spiro atoms. The van der Waals surface area contributed by atoms with Gasteiger partial charge in [0, 0.05) is 42.2 Å². The zero-order valence-electron chi connectivity index (χ0n) is 17.7. The van der Waals surface area contributed by atoms with Gasteiger partial charge in [0.05, 0.1) is 23.6 Å². The van der Waals surface area contributed by atoms with Crippen LogP contribution in [0.3, 0.4) is 0 Å². The van der Waals surface area contributed by atoms with Gasteiger partial charge in [-0.25, -0.2) is 23.9 Å². The van der Waals surface area contributed by atoms with Crippen molar-refractivity contribution in [1.82, 2.24) is 18.7 Å². The van der Waals surface area contributed by atoms with Crippen LogP contribution < -0.4 is 0 Å². The van der Waals surface area contributed by atoms with Crippen molar-refractivity contribution in [1.29, 1.82) is 0 Å². The number of hydrogen-bond donors (Lipinski definition) is 0. The number of nitrogens with zero attached hydrogens (tertiary/aromatic N) is 5. The number of aryl methyl sites for hydroxylation is 1. The van der Waals surface area contributed by atoms with E-state index in [4.69, 9.17) is 11.3 Å². The molecule has 164 valence electrons. The lowest BCUT2D eigenvalue weighted by atomic mass is 9.91. The normalized spacial score (nSPS) is 21.9. The third-order valence-corrected chi connectivity index (χ3v) is 7.94. The summed E-state index contributed by atoms with van der Waals surface area (Å²) in [5.74, 6) is 0. The molecule has 1 fully saturated rings. The van der Waals surface area contributed by atoms with Crippen LogP contribution in [0.25, 0.3) is 32.6 Å². The highest BCUT2D eigenvalue weighted by Gasteiger charge is 2.46. The van der Waals surface area contributed by atoms with E-state index in [2.05, 4.69) is 14.9 Å². The SMILES string of the molecule is [C-]#[N+][C@@H]1C[C@@H]2O[C@H]1C=C2c1cnc2c(c1)c(-c1cnn(C)c1)cn2S(=O)(=O)c1ccccc1. The van der Waals surface area contributed by atoms with Crippen LogP contribution in [0, 0.1) is 6.57 Å². The molecule has 2 aliphatic heterocycles. The van der Waals surface area contributed by atoms with Gasteiger partial charge in [0.1, 0.15) is 0 Å². The van der Waals surface area contributed by atoms with E-state index < -0.39 is 10.0 Å². The van der Waals surface area contributed by atoms with Gasteiger partial charge in [-0.2, -0.15) is 5.10 Å². The molecule has 4 aromatic rings. The predicted octanol–water partition coefficient (Wildman–Crippen LogP) is 3.52. The number of ether oxygens (including phenoxy) is 1. The monoisotopic (exact) mass is 457 g/mol.